The minimum absolute atomic E-state index is 0.672. The zero-order valence-electron chi connectivity index (χ0n) is 10.9. The molecular formula is C16H15N3. The van der Waals surface area contributed by atoms with Crippen molar-refractivity contribution in [1.82, 2.24) is 4.98 Å². The minimum atomic E-state index is 0.672. The van der Waals surface area contributed by atoms with E-state index in [1.807, 2.05) is 19.1 Å². The molecule has 0 amide bonds. The highest BCUT2D eigenvalue weighted by molar-refractivity contribution is 5.66. The van der Waals surface area contributed by atoms with E-state index in [9.17, 15) is 0 Å². The summed E-state index contributed by atoms with van der Waals surface area (Å²) >= 11 is 0. The number of hydrogen-bond donors (Lipinski definition) is 0. The molecule has 94 valence electrons. The molecule has 0 atom stereocenters. The molecule has 0 saturated carbocycles. The number of nitriles is 1. The van der Waals surface area contributed by atoms with Crippen LogP contribution in [0.25, 0.3) is 0 Å². The summed E-state index contributed by atoms with van der Waals surface area (Å²) in [4.78, 5) is 6.79. The molecule has 3 rings (SSSR count). The van der Waals surface area contributed by atoms with Crippen LogP contribution in [0.4, 0.5) is 11.5 Å². The van der Waals surface area contributed by atoms with E-state index >= 15 is 0 Å². The SMILES string of the molecule is Cc1cc(C#N)cc(N2CCCc3ccccc32)n1. The van der Waals surface area contributed by atoms with Crippen LogP contribution in [0, 0.1) is 18.3 Å². The van der Waals surface area contributed by atoms with Gasteiger partial charge in [0.2, 0.25) is 0 Å². The number of aryl methyl sites for hydroxylation is 2. The van der Waals surface area contributed by atoms with Crippen molar-refractivity contribution in [3.8, 4) is 6.07 Å². The Labute approximate surface area is 113 Å². The maximum absolute atomic E-state index is 9.08. The van der Waals surface area contributed by atoms with Crippen molar-refractivity contribution >= 4 is 11.5 Å². The van der Waals surface area contributed by atoms with Crippen molar-refractivity contribution < 1.29 is 0 Å². The van der Waals surface area contributed by atoms with Crippen LogP contribution in [0.1, 0.15) is 23.2 Å². The highest BCUT2D eigenvalue weighted by atomic mass is 15.2. The van der Waals surface area contributed by atoms with Gasteiger partial charge in [-0.05, 0) is 43.5 Å². The molecule has 3 nitrogen and oxygen atoms in total. The zero-order valence-corrected chi connectivity index (χ0v) is 10.9. The van der Waals surface area contributed by atoms with E-state index in [2.05, 4.69) is 40.2 Å². The average molecular weight is 249 g/mol. The molecule has 0 bridgehead atoms. The molecule has 1 aromatic heterocycles. The van der Waals surface area contributed by atoms with E-state index in [4.69, 9.17) is 5.26 Å². The first-order chi connectivity index (χ1) is 9.28. The van der Waals surface area contributed by atoms with Crippen molar-refractivity contribution in [1.29, 1.82) is 5.26 Å². The van der Waals surface area contributed by atoms with Crippen LogP contribution >= 0.6 is 0 Å². The Balaban J connectivity index is 2.09. The number of fused-ring (bicyclic) bond motifs is 1. The van der Waals surface area contributed by atoms with E-state index in [1.54, 1.807) is 0 Å². The molecule has 2 aromatic rings. The van der Waals surface area contributed by atoms with Crippen LogP contribution < -0.4 is 4.90 Å². The Hall–Kier alpha value is -2.34. The summed E-state index contributed by atoms with van der Waals surface area (Å²) in [6, 6.07) is 14.3. The lowest BCUT2D eigenvalue weighted by molar-refractivity contribution is 0.758. The molecule has 1 aliphatic rings. The Morgan fingerprint density at radius 1 is 1.26 bits per heavy atom. The van der Waals surface area contributed by atoms with Crippen LogP contribution in [0.2, 0.25) is 0 Å². The third-order valence-corrected chi connectivity index (χ3v) is 3.46. The topological polar surface area (TPSA) is 39.9 Å². The largest absolute Gasteiger partial charge is 0.326 e. The number of anilines is 2. The first-order valence-electron chi connectivity index (χ1n) is 6.52. The monoisotopic (exact) mass is 249 g/mol. The van der Waals surface area contributed by atoms with Crippen LogP contribution in [0.3, 0.4) is 0 Å². The summed E-state index contributed by atoms with van der Waals surface area (Å²) in [5, 5.41) is 9.08. The molecule has 0 spiro atoms. The molecule has 0 saturated heterocycles. The highest BCUT2D eigenvalue weighted by Gasteiger charge is 2.19. The standard InChI is InChI=1S/C16H15N3/c1-12-9-13(11-17)10-16(18-12)19-8-4-6-14-5-2-3-7-15(14)19/h2-3,5,7,9-10H,4,6,8H2,1H3. The highest BCUT2D eigenvalue weighted by Crippen LogP contribution is 2.32. The van der Waals surface area contributed by atoms with Crippen LogP contribution in [0.15, 0.2) is 36.4 Å². The maximum Gasteiger partial charge on any atom is 0.134 e. The van der Waals surface area contributed by atoms with Crippen LogP contribution in [-0.4, -0.2) is 11.5 Å². The summed E-state index contributed by atoms with van der Waals surface area (Å²) in [6.07, 6.45) is 2.23. The van der Waals surface area contributed by atoms with Gasteiger partial charge in [-0.1, -0.05) is 18.2 Å². The van der Waals surface area contributed by atoms with Crippen molar-refractivity contribution in [2.45, 2.75) is 19.8 Å². The van der Waals surface area contributed by atoms with Gasteiger partial charge in [-0.2, -0.15) is 5.26 Å². The van der Waals surface area contributed by atoms with E-state index in [1.165, 1.54) is 11.3 Å². The normalized spacial score (nSPS) is 13.8. The Morgan fingerprint density at radius 3 is 2.95 bits per heavy atom. The third kappa shape index (κ3) is 2.17. The fraction of sp³-hybridized carbons (Fsp3) is 0.250. The van der Waals surface area contributed by atoms with E-state index in [-0.39, 0.29) is 0 Å². The molecule has 19 heavy (non-hydrogen) atoms. The van der Waals surface area contributed by atoms with Gasteiger partial charge in [-0.3, -0.25) is 0 Å². The fourth-order valence-electron chi connectivity index (χ4n) is 2.63. The second kappa shape index (κ2) is 4.74. The molecule has 0 fully saturated rings. The average Bonchev–Trinajstić information content (AvgIpc) is 2.46. The predicted molar refractivity (Wildman–Crippen MR) is 75.5 cm³/mol. The van der Waals surface area contributed by atoms with Crippen molar-refractivity contribution in [2.75, 3.05) is 11.4 Å². The van der Waals surface area contributed by atoms with Gasteiger partial charge in [0, 0.05) is 17.9 Å². The van der Waals surface area contributed by atoms with Gasteiger partial charge in [-0.25, -0.2) is 4.98 Å². The molecule has 3 heteroatoms. The molecular weight excluding hydrogens is 234 g/mol. The lowest BCUT2D eigenvalue weighted by Gasteiger charge is -2.30. The fourth-order valence-corrected chi connectivity index (χ4v) is 2.63. The van der Waals surface area contributed by atoms with Gasteiger partial charge in [0.05, 0.1) is 11.6 Å². The molecule has 0 N–H and O–H groups in total. The van der Waals surface area contributed by atoms with Crippen molar-refractivity contribution in [3.63, 3.8) is 0 Å². The summed E-state index contributed by atoms with van der Waals surface area (Å²) in [7, 11) is 0. The Kier molecular flexibility index (Phi) is 2.92. The maximum atomic E-state index is 9.08. The lowest BCUT2D eigenvalue weighted by Crippen LogP contribution is -2.25. The number of pyridine rings is 1. The molecule has 1 aromatic carbocycles. The first-order valence-corrected chi connectivity index (χ1v) is 6.52. The van der Waals surface area contributed by atoms with Crippen molar-refractivity contribution in [2.24, 2.45) is 0 Å². The van der Waals surface area contributed by atoms with E-state index < -0.39 is 0 Å². The number of benzene rings is 1. The second-order valence-corrected chi connectivity index (χ2v) is 4.85. The third-order valence-electron chi connectivity index (χ3n) is 3.46. The zero-order chi connectivity index (χ0) is 13.2. The van der Waals surface area contributed by atoms with Crippen LogP contribution in [0.5, 0.6) is 0 Å². The number of rotatable bonds is 1. The smallest absolute Gasteiger partial charge is 0.134 e. The Morgan fingerprint density at radius 2 is 2.11 bits per heavy atom. The molecule has 0 radical (unpaired) electrons. The predicted octanol–water partition coefficient (Wildman–Crippen LogP) is 3.35. The molecule has 0 unspecified atom stereocenters. The molecule has 2 heterocycles. The van der Waals surface area contributed by atoms with Gasteiger partial charge in [0.25, 0.3) is 0 Å². The number of hydrogen-bond acceptors (Lipinski definition) is 3. The lowest BCUT2D eigenvalue weighted by atomic mass is 10.0. The van der Waals surface area contributed by atoms with Gasteiger partial charge >= 0.3 is 0 Å². The van der Waals surface area contributed by atoms with Gasteiger partial charge in [-0.15, -0.1) is 0 Å². The van der Waals surface area contributed by atoms with E-state index in [0.717, 1.165) is 30.9 Å². The van der Waals surface area contributed by atoms with Crippen LogP contribution in [-0.2, 0) is 6.42 Å². The summed E-state index contributed by atoms with van der Waals surface area (Å²) in [6.45, 7) is 2.89. The molecule has 0 aliphatic carbocycles. The van der Waals surface area contributed by atoms with Gasteiger partial charge < -0.3 is 4.90 Å². The van der Waals surface area contributed by atoms with Gasteiger partial charge in [0.15, 0.2) is 0 Å². The number of para-hydroxylation sites is 1. The van der Waals surface area contributed by atoms with Gasteiger partial charge in [0.1, 0.15) is 5.82 Å². The number of nitrogens with zero attached hydrogens (tertiary/aromatic N) is 3. The summed E-state index contributed by atoms with van der Waals surface area (Å²) in [5.41, 5.74) is 4.13. The first kappa shape index (κ1) is 11.7. The minimum Gasteiger partial charge on any atom is -0.326 e. The Bertz CT molecular complexity index is 655. The van der Waals surface area contributed by atoms with Crippen molar-refractivity contribution in [3.05, 3.63) is 53.2 Å². The van der Waals surface area contributed by atoms with E-state index in [0.29, 0.717) is 5.56 Å². The second-order valence-electron chi connectivity index (χ2n) is 4.85. The quantitative estimate of drug-likeness (QED) is 0.778. The number of aromatic nitrogens is 1. The summed E-state index contributed by atoms with van der Waals surface area (Å²) < 4.78 is 0. The summed E-state index contributed by atoms with van der Waals surface area (Å²) in [5.74, 6) is 0.878. The molecule has 1 aliphatic heterocycles.